The van der Waals surface area contributed by atoms with E-state index in [-0.39, 0.29) is 11.5 Å². The van der Waals surface area contributed by atoms with Crippen molar-refractivity contribution in [1.29, 1.82) is 0 Å². The molecule has 0 radical (unpaired) electrons. The van der Waals surface area contributed by atoms with E-state index in [4.69, 9.17) is 9.84 Å². The summed E-state index contributed by atoms with van der Waals surface area (Å²) >= 11 is 1.05. The number of aryl methyl sites for hydroxylation is 1. The molecule has 0 aromatic carbocycles. The van der Waals surface area contributed by atoms with E-state index in [1.165, 1.54) is 7.11 Å². The maximum Gasteiger partial charge on any atom is 0.347 e. The highest BCUT2D eigenvalue weighted by Gasteiger charge is 2.19. The molecule has 18 heavy (non-hydrogen) atoms. The number of ether oxygens (including phenoxy) is 1. The highest BCUT2D eigenvalue weighted by atomic mass is 32.1. The van der Waals surface area contributed by atoms with Gasteiger partial charge in [-0.1, -0.05) is 0 Å². The molecule has 0 aliphatic rings. The zero-order chi connectivity index (χ0) is 13.1. The van der Waals surface area contributed by atoms with Gasteiger partial charge in [0.25, 0.3) is 0 Å². The smallest absolute Gasteiger partial charge is 0.347 e. The molecular formula is C11H11N3O3S. The summed E-state index contributed by atoms with van der Waals surface area (Å²) in [6.45, 7) is 2.04. The Hall–Kier alpha value is -1.86. The third kappa shape index (κ3) is 2.52. The Balaban J connectivity index is 2.42. The van der Waals surface area contributed by atoms with Gasteiger partial charge in [0.15, 0.2) is 10.8 Å². The molecule has 0 aliphatic heterocycles. The SMILES string of the molecule is COCc1nc(-c2ncc(C)cn2)sc1C(=O)O. The van der Waals surface area contributed by atoms with Gasteiger partial charge >= 0.3 is 5.97 Å². The summed E-state index contributed by atoms with van der Waals surface area (Å²) in [5.74, 6) is -0.589. The Morgan fingerprint density at radius 2 is 2.11 bits per heavy atom. The summed E-state index contributed by atoms with van der Waals surface area (Å²) in [6, 6.07) is 0. The topological polar surface area (TPSA) is 85.2 Å². The minimum absolute atomic E-state index is 0.157. The molecule has 0 unspecified atom stereocenters. The van der Waals surface area contributed by atoms with Crippen LogP contribution in [0.15, 0.2) is 12.4 Å². The fourth-order valence-corrected chi connectivity index (χ4v) is 2.21. The van der Waals surface area contributed by atoms with Crippen molar-refractivity contribution in [1.82, 2.24) is 15.0 Å². The van der Waals surface area contributed by atoms with Gasteiger partial charge in [-0.2, -0.15) is 0 Å². The van der Waals surface area contributed by atoms with Crippen molar-refractivity contribution in [2.45, 2.75) is 13.5 Å². The van der Waals surface area contributed by atoms with E-state index in [2.05, 4.69) is 15.0 Å². The Labute approximate surface area is 107 Å². The quantitative estimate of drug-likeness (QED) is 0.906. The van der Waals surface area contributed by atoms with Crippen molar-refractivity contribution in [2.75, 3.05) is 7.11 Å². The Morgan fingerprint density at radius 3 is 2.67 bits per heavy atom. The number of thiazole rings is 1. The summed E-state index contributed by atoms with van der Waals surface area (Å²) in [7, 11) is 1.49. The first-order chi connectivity index (χ1) is 8.61. The Morgan fingerprint density at radius 1 is 1.44 bits per heavy atom. The number of carbonyl (C=O) groups is 1. The largest absolute Gasteiger partial charge is 0.477 e. The summed E-state index contributed by atoms with van der Waals surface area (Å²) in [5.41, 5.74) is 1.33. The van der Waals surface area contributed by atoms with Crippen LogP contribution in [0.3, 0.4) is 0 Å². The molecule has 0 bridgehead atoms. The van der Waals surface area contributed by atoms with E-state index in [0.717, 1.165) is 16.9 Å². The second-order valence-corrected chi connectivity index (χ2v) is 4.62. The van der Waals surface area contributed by atoms with E-state index in [1.54, 1.807) is 12.4 Å². The molecule has 6 nitrogen and oxygen atoms in total. The number of carboxylic acid groups (broad SMARTS) is 1. The first-order valence-electron chi connectivity index (χ1n) is 5.12. The predicted molar refractivity (Wildman–Crippen MR) is 65.5 cm³/mol. The minimum atomic E-state index is -1.02. The van der Waals surface area contributed by atoms with Crippen LogP contribution >= 0.6 is 11.3 Å². The molecule has 0 aliphatic carbocycles. The van der Waals surface area contributed by atoms with E-state index >= 15 is 0 Å². The van der Waals surface area contributed by atoms with E-state index in [9.17, 15) is 4.79 Å². The fourth-order valence-electron chi connectivity index (χ4n) is 1.35. The number of aromatic nitrogens is 3. The van der Waals surface area contributed by atoms with Gasteiger partial charge < -0.3 is 9.84 Å². The van der Waals surface area contributed by atoms with Crippen LogP contribution in [0.4, 0.5) is 0 Å². The zero-order valence-corrected chi connectivity index (χ0v) is 10.7. The fraction of sp³-hybridized carbons (Fsp3) is 0.273. The maximum atomic E-state index is 11.1. The number of nitrogens with zero attached hydrogens (tertiary/aromatic N) is 3. The first kappa shape index (κ1) is 12.6. The van der Waals surface area contributed by atoms with Gasteiger partial charge in [-0.25, -0.2) is 19.7 Å². The van der Waals surface area contributed by atoms with Crippen molar-refractivity contribution in [2.24, 2.45) is 0 Å². The summed E-state index contributed by atoms with van der Waals surface area (Å²) < 4.78 is 4.93. The van der Waals surface area contributed by atoms with Crippen molar-refractivity contribution in [3.63, 3.8) is 0 Å². The van der Waals surface area contributed by atoms with Crippen LogP contribution in [-0.2, 0) is 11.3 Å². The maximum absolute atomic E-state index is 11.1. The molecule has 1 N–H and O–H groups in total. The van der Waals surface area contributed by atoms with E-state index in [0.29, 0.717) is 16.5 Å². The van der Waals surface area contributed by atoms with E-state index < -0.39 is 5.97 Å². The van der Waals surface area contributed by atoms with Gasteiger partial charge in [0, 0.05) is 19.5 Å². The second kappa shape index (κ2) is 5.19. The Bertz CT molecular complexity index is 565. The average molecular weight is 265 g/mol. The molecule has 2 aromatic rings. The van der Waals surface area contributed by atoms with Crippen molar-refractivity contribution < 1.29 is 14.6 Å². The van der Waals surface area contributed by atoms with Crippen molar-refractivity contribution >= 4 is 17.3 Å². The number of carboxylic acids is 1. The number of rotatable bonds is 4. The molecule has 7 heteroatoms. The predicted octanol–water partition coefficient (Wildman–Crippen LogP) is 1.75. The standard InChI is InChI=1S/C11H11N3O3S/c1-6-3-12-9(13-4-6)10-14-7(5-17-2)8(18-10)11(15)16/h3-4H,5H2,1-2H3,(H,15,16). The van der Waals surface area contributed by atoms with Crippen molar-refractivity contribution in [3.05, 3.63) is 28.5 Å². The third-order valence-electron chi connectivity index (χ3n) is 2.14. The van der Waals surface area contributed by atoms with E-state index in [1.807, 2.05) is 6.92 Å². The van der Waals surface area contributed by atoms with Gasteiger partial charge in [0.2, 0.25) is 0 Å². The Kier molecular flexibility index (Phi) is 3.63. The molecule has 0 fully saturated rings. The van der Waals surface area contributed by atoms with Gasteiger partial charge in [-0.05, 0) is 12.5 Å². The molecule has 0 spiro atoms. The van der Waals surface area contributed by atoms with Crippen LogP contribution in [0.1, 0.15) is 20.9 Å². The van der Waals surface area contributed by atoms with Crippen LogP contribution in [0.5, 0.6) is 0 Å². The molecule has 0 saturated carbocycles. The molecular weight excluding hydrogens is 254 g/mol. The van der Waals surface area contributed by atoms with Gasteiger partial charge in [0.05, 0.1) is 12.3 Å². The number of aromatic carboxylic acids is 1. The van der Waals surface area contributed by atoms with Crippen LogP contribution in [-0.4, -0.2) is 33.1 Å². The average Bonchev–Trinajstić information content (AvgIpc) is 2.75. The molecule has 2 rings (SSSR count). The van der Waals surface area contributed by atoms with Crippen LogP contribution in [0, 0.1) is 6.92 Å². The highest BCUT2D eigenvalue weighted by molar-refractivity contribution is 7.16. The lowest BCUT2D eigenvalue weighted by Gasteiger charge is -1.95. The zero-order valence-electron chi connectivity index (χ0n) is 9.88. The minimum Gasteiger partial charge on any atom is -0.477 e. The normalized spacial score (nSPS) is 10.6. The van der Waals surface area contributed by atoms with Crippen LogP contribution in [0.2, 0.25) is 0 Å². The lowest BCUT2D eigenvalue weighted by molar-refractivity contribution is 0.0697. The summed E-state index contributed by atoms with van der Waals surface area (Å²) in [4.78, 5) is 23.7. The van der Waals surface area contributed by atoms with Crippen LogP contribution < -0.4 is 0 Å². The van der Waals surface area contributed by atoms with Gasteiger partial charge in [0.1, 0.15) is 4.88 Å². The molecule has 2 heterocycles. The number of methoxy groups -OCH3 is 1. The second-order valence-electron chi connectivity index (χ2n) is 3.62. The first-order valence-corrected chi connectivity index (χ1v) is 5.94. The van der Waals surface area contributed by atoms with Gasteiger partial charge in [-0.15, -0.1) is 11.3 Å². The lowest BCUT2D eigenvalue weighted by atomic mass is 10.4. The molecule has 94 valence electrons. The van der Waals surface area contributed by atoms with Crippen molar-refractivity contribution in [3.8, 4) is 10.8 Å². The number of hydrogen-bond acceptors (Lipinski definition) is 6. The summed E-state index contributed by atoms with van der Waals surface area (Å²) in [5, 5.41) is 9.56. The number of hydrogen-bond donors (Lipinski definition) is 1. The summed E-state index contributed by atoms with van der Waals surface area (Å²) in [6.07, 6.45) is 3.33. The van der Waals surface area contributed by atoms with Crippen LogP contribution in [0.25, 0.3) is 10.8 Å². The molecule has 0 saturated heterocycles. The lowest BCUT2D eigenvalue weighted by Crippen LogP contribution is -1.99. The third-order valence-corrected chi connectivity index (χ3v) is 3.23. The highest BCUT2D eigenvalue weighted by Crippen LogP contribution is 2.26. The monoisotopic (exact) mass is 265 g/mol. The van der Waals surface area contributed by atoms with Gasteiger partial charge in [-0.3, -0.25) is 0 Å². The molecule has 2 aromatic heterocycles. The molecule has 0 amide bonds. The molecule has 0 atom stereocenters.